The Balaban J connectivity index is 1.36. The second kappa shape index (κ2) is 9.78. The molecule has 2 N–H and O–H groups in total. The van der Waals surface area contributed by atoms with Crippen LogP contribution in [0.2, 0.25) is 0 Å². The number of anilines is 1. The van der Waals surface area contributed by atoms with E-state index in [1.54, 1.807) is 18.4 Å². The molecule has 0 saturated heterocycles. The number of nitrogens with two attached hydrogens (primary N) is 1. The molecule has 5 nitrogen and oxygen atoms in total. The van der Waals surface area contributed by atoms with Gasteiger partial charge < -0.3 is 15.2 Å². The molecule has 0 bridgehead atoms. The molecular weight excluding hydrogens is 394 g/mol. The topological polar surface area (TPSA) is 60.6 Å². The normalized spacial score (nSPS) is 14.4. The van der Waals surface area contributed by atoms with Crippen molar-refractivity contribution in [3.8, 4) is 11.5 Å². The first-order chi connectivity index (χ1) is 14.7. The Morgan fingerprint density at radius 3 is 2.73 bits per heavy atom. The van der Waals surface area contributed by atoms with Crippen LogP contribution in [0.5, 0.6) is 11.5 Å². The van der Waals surface area contributed by atoms with Crippen molar-refractivity contribution in [2.45, 2.75) is 19.4 Å². The molecule has 0 unspecified atom stereocenters. The third-order valence-electron chi connectivity index (χ3n) is 5.18. The Kier molecular flexibility index (Phi) is 6.67. The predicted octanol–water partition coefficient (Wildman–Crippen LogP) is 4.43. The second-order valence-electron chi connectivity index (χ2n) is 7.34. The van der Waals surface area contributed by atoms with Crippen LogP contribution in [0.4, 0.5) is 5.13 Å². The number of methoxy groups -OCH3 is 1. The molecule has 2 aromatic carbocycles. The molecule has 0 atom stereocenters. The average molecular weight is 422 g/mol. The van der Waals surface area contributed by atoms with Crippen LogP contribution in [0.25, 0.3) is 6.08 Å². The summed E-state index contributed by atoms with van der Waals surface area (Å²) >= 11 is 1.63. The quantitative estimate of drug-likeness (QED) is 0.612. The van der Waals surface area contributed by atoms with Crippen LogP contribution < -0.4 is 15.2 Å². The van der Waals surface area contributed by atoms with Gasteiger partial charge in [0.1, 0.15) is 18.1 Å². The van der Waals surface area contributed by atoms with Crippen LogP contribution in [-0.2, 0) is 19.4 Å². The van der Waals surface area contributed by atoms with Crippen molar-refractivity contribution < 1.29 is 9.47 Å². The molecule has 0 amide bonds. The third kappa shape index (κ3) is 5.40. The lowest BCUT2D eigenvalue weighted by Crippen LogP contribution is -2.26. The molecule has 3 aromatic rings. The van der Waals surface area contributed by atoms with Crippen LogP contribution in [0.15, 0.2) is 54.6 Å². The highest BCUT2D eigenvalue weighted by atomic mass is 32.1. The first-order valence-corrected chi connectivity index (χ1v) is 11.0. The minimum Gasteiger partial charge on any atom is -0.497 e. The molecule has 0 fully saturated rings. The number of thiazole rings is 1. The molecule has 6 heteroatoms. The highest BCUT2D eigenvalue weighted by Gasteiger charge is 2.16. The molecule has 30 heavy (non-hydrogen) atoms. The maximum absolute atomic E-state index is 5.98. The van der Waals surface area contributed by atoms with Crippen molar-refractivity contribution in [3.05, 3.63) is 76.3 Å². The maximum Gasteiger partial charge on any atom is 0.180 e. The Morgan fingerprint density at radius 1 is 1.10 bits per heavy atom. The molecular formula is C24H27N3O2S. The number of ether oxygens (including phenoxy) is 2. The van der Waals surface area contributed by atoms with Crippen LogP contribution >= 0.6 is 11.3 Å². The van der Waals surface area contributed by atoms with Gasteiger partial charge in [0, 0.05) is 37.0 Å². The van der Waals surface area contributed by atoms with Gasteiger partial charge in [-0.3, -0.25) is 4.90 Å². The summed E-state index contributed by atoms with van der Waals surface area (Å²) < 4.78 is 11.4. The Bertz CT molecular complexity index is 975. The first kappa shape index (κ1) is 20.4. The zero-order valence-corrected chi connectivity index (χ0v) is 18.0. The van der Waals surface area contributed by atoms with Crippen LogP contribution in [0.3, 0.4) is 0 Å². The van der Waals surface area contributed by atoms with E-state index in [9.17, 15) is 0 Å². The summed E-state index contributed by atoms with van der Waals surface area (Å²) in [6.07, 6.45) is 6.33. The number of hydrogen-bond acceptors (Lipinski definition) is 6. The van der Waals surface area contributed by atoms with E-state index >= 15 is 0 Å². The van der Waals surface area contributed by atoms with Crippen LogP contribution in [0, 0.1) is 0 Å². The number of benzene rings is 2. The summed E-state index contributed by atoms with van der Waals surface area (Å²) in [6.45, 7) is 3.47. The van der Waals surface area contributed by atoms with Gasteiger partial charge in [-0.15, -0.1) is 11.3 Å². The van der Waals surface area contributed by atoms with Crippen molar-refractivity contribution in [1.29, 1.82) is 0 Å². The molecule has 0 radical (unpaired) electrons. The lowest BCUT2D eigenvalue weighted by Gasteiger charge is -2.17. The lowest BCUT2D eigenvalue weighted by atomic mass is 10.2. The third-order valence-corrected chi connectivity index (χ3v) is 6.16. The summed E-state index contributed by atoms with van der Waals surface area (Å²) in [6, 6.07) is 16.2. The summed E-state index contributed by atoms with van der Waals surface area (Å²) in [4.78, 5) is 8.26. The zero-order chi connectivity index (χ0) is 20.8. The summed E-state index contributed by atoms with van der Waals surface area (Å²) in [5.41, 5.74) is 9.23. The highest BCUT2D eigenvalue weighted by Crippen LogP contribution is 2.26. The van der Waals surface area contributed by atoms with Crippen molar-refractivity contribution >= 4 is 22.5 Å². The fourth-order valence-electron chi connectivity index (χ4n) is 3.58. The number of aromatic nitrogens is 1. The van der Waals surface area contributed by atoms with Gasteiger partial charge in [0.05, 0.1) is 12.8 Å². The fraction of sp³-hybridized carbons (Fsp3) is 0.292. The van der Waals surface area contributed by atoms with E-state index in [2.05, 4.69) is 40.2 Å². The minimum absolute atomic E-state index is 0.535. The molecule has 0 aliphatic carbocycles. The van der Waals surface area contributed by atoms with Crippen molar-refractivity contribution in [2.75, 3.05) is 32.5 Å². The van der Waals surface area contributed by atoms with E-state index in [0.717, 1.165) is 55.1 Å². The van der Waals surface area contributed by atoms with E-state index in [1.165, 1.54) is 10.6 Å². The number of rotatable bonds is 7. The molecule has 156 valence electrons. The molecule has 0 spiro atoms. The summed E-state index contributed by atoms with van der Waals surface area (Å²) in [5, 5.41) is 0.691. The average Bonchev–Trinajstić information content (AvgIpc) is 3.03. The lowest BCUT2D eigenvalue weighted by molar-refractivity contribution is 0.303. The SMILES string of the molecule is COc1cc(/C=C/CN2CCc3nc(N)sc3CC2)cc(OCc2ccccc2)c1. The summed E-state index contributed by atoms with van der Waals surface area (Å²) in [7, 11) is 1.68. The standard InChI is InChI=1S/C24H27N3O2S/c1-28-20-14-19(15-21(16-20)29-17-18-6-3-2-4-7-18)8-5-11-27-12-9-22-23(10-13-27)30-24(25)26-22/h2-8,14-16H,9-13,17H2,1H3,(H2,25,26)/b8-5+. The minimum atomic E-state index is 0.535. The second-order valence-corrected chi connectivity index (χ2v) is 8.46. The Labute approximate surface area is 181 Å². The van der Waals surface area contributed by atoms with Gasteiger partial charge in [-0.25, -0.2) is 4.98 Å². The molecule has 0 saturated carbocycles. The van der Waals surface area contributed by atoms with Gasteiger partial charge >= 0.3 is 0 Å². The van der Waals surface area contributed by atoms with Gasteiger partial charge in [-0.05, 0) is 29.7 Å². The summed E-state index contributed by atoms with van der Waals surface area (Å²) in [5.74, 6) is 1.60. The number of nitrogen functional groups attached to an aromatic ring is 1. The molecule has 2 heterocycles. The molecule has 1 aliphatic rings. The van der Waals surface area contributed by atoms with Crippen LogP contribution in [0.1, 0.15) is 21.7 Å². The van der Waals surface area contributed by atoms with Gasteiger partial charge in [-0.2, -0.15) is 0 Å². The van der Waals surface area contributed by atoms with E-state index in [0.29, 0.717) is 11.7 Å². The maximum atomic E-state index is 5.98. The molecule has 1 aromatic heterocycles. The van der Waals surface area contributed by atoms with Crippen LogP contribution in [-0.4, -0.2) is 36.6 Å². The Morgan fingerprint density at radius 2 is 1.90 bits per heavy atom. The van der Waals surface area contributed by atoms with Gasteiger partial charge in [0.25, 0.3) is 0 Å². The fourth-order valence-corrected chi connectivity index (χ4v) is 4.45. The predicted molar refractivity (Wildman–Crippen MR) is 123 cm³/mol. The zero-order valence-electron chi connectivity index (χ0n) is 17.2. The number of fused-ring (bicyclic) bond motifs is 1. The highest BCUT2D eigenvalue weighted by molar-refractivity contribution is 7.15. The first-order valence-electron chi connectivity index (χ1n) is 10.2. The van der Waals surface area contributed by atoms with E-state index in [-0.39, 0.29) is 0 Å². The van der Waals surface area contributed by atoms with Crippen molar-refractivity contribution in [2.24, 2.45) is 0 Å². The number of hydrogen-bond donors (Lipinski definition) is 1. The van der Waals surface area contributed by atoms with Gasteiger partial charge in [-0.1, -0.05) is 42.5 Å². The molecule has 4 rings (SSSR count). The van der Waals surface area contributed by atoms with E-state index in [1.807, 2.05) is 30.3 Å². The van der Waals surface area contributed by atoms with E-state index in [4.69, 9.17) is 15.2 Å². The Hall–Kier alpha value is -2.83. The monoisotopic (exact) mass is 421 g/mol. The number of nitrogens with zero attached hydrogens (tertiary/aromatic N) is 2. The van der Waals surface area contributed by atoms with Crippen molar-refractivity contribution in [3.63, 3.8) is 0 Å². The van der Waals surface area contributed by atoms with Gasteiger partial charge in [0.15, 0.2) is 5.13 Å². The van der Waals surface area contributed by atoms with E-state index < -0.39 is 0 Å². The van der Waals surface area contributed by atoms with Crippen molar-refractivity contribution in [1.82, 2.24) is 9.88 Å². The smallest absolute Gasteiger partial charge is 0.180 e. The molecule has 1 aliphatic heterocycles. The largest absolute Gasteiger partial charge is 0.497 e. The van der Waals surface area contributed by atoms with Gasteiger partial charge in [0.2, 0.25) is 0 Å².